The molecule has 40 heavy (non-hydrogen) atoms. The minimum Gasteiger partial charge on any atom is -0.507 e. The maximum absolute atomic E-state index is 12.7. The number of morpholine rings is 1. The van der Waals surface area contributed by atoms with Gasteiger partial charge in [-0.2, -0.15) is 0 Å². The van der Waals surface area contributed by atoms with E-state index in [0.29, 0.717) is 41.2 Å². The van der Waals surface area contributed by atoms with Gasteiger partial charge in [0.25, 0.3) is 0 Å². The van der Waals surface area contributed by atoms with E-state index in [1.54, 1.807) is 0 Å². The van der Waals surface area contributed by atoms with Crippen molar-refractivity contribution in [3.8, 4) is 17.1 Å². The molecule has 0 atom stereocenters. The number of nitrogens with one attached hydrogen (secondary N) is 1. The first kappa shape index (κ1) is 26.6. The van der Waals surface area contributed by atoms with Crippen LogP contribution in [0.15, 0.2) is 77.3 Å². The van der Waals surface area contributed by atoms with Crippen LogP contribution in [0, 0.1) is 0 Å². The predicted molar refractivity (Wildman–Crippen MR) is 151 cm³/mol. The van der Waals surface area contributed by atoms with Crippen molar-refractivity contribution in [2.75, 3.05) is 43.1 Å². The van der Waals surface area contributed by atoms with Crippen LogP contribution in [0.25, 0.3) is 28.0 Å². The van der Waals surface area contributed by atoms with Crippen molar-refractivity contribution in [1.82, 2.24) is 5.01 Å². The van der Waals surface area contributed by atoms with Crippen molar-refractivity contribution in [1.29, 1.82) is 0 Å². The third-order valence-corrected chi connectivity index (χ3v) is 6.52. The number of amides is 1. The van der Waals surface area contributed by atoms with E-state index in [0.717, 1.165) is 23.8 Å². The summed E-state index contributed by atoms with van der Waals surface area (Å²) in [6, 6.07) is 19.2. The Hall–Kier alpha value is -5.00. The molecule has 0 radical (unpaired) electrons. The highest BCUT2D eigenvalue weighted by Crippen LogP contribution is 2.39. The molecule has 1 amide bonds. The maximum atomic E-state index is 12.7. The molecule has 11 nitrogen and oxygen atoms in total. The normalized spacial score (nSPS) is 13.8. The molecule has 2 heterocycles. The smallest absolute Gasteiger partial charge is 0.339 e. The van der Waals surface area contributed by atoms with Crippen LogP contribution in [0.1, 0.15) is 15.9 Å². The molecule has 1 aliphatic heterocycles. The molecule has 0 aliphatic carbocycles. The van der Waals surface area contributed by atoms with Crippen LogP contribution in [-0.2, 0) is 9.53 Å². The Bertz CT molecular complexity index is 1560. The average Bonchev–Trinajstić information content (AvgIpc) is 3.32. The average molecular weight is 544 g/mol. The number of aromatic carboxylic acids is 1. The van der Waals surface area contributed by atoms with Crippen LogP contribution in [0.5, 0.6) is 5.75 Å². The molecule has 1 saturated heterocycles. The van der Waals surface area contributed by atoms with Gasteiger partial charge < -0.3 is 40.3 Å². The lowest BCUT2D eigenvalue weighted by Crippen LogP contribution is -2.36. The summed E-state index contributed by atoms with van der Waals surface area (Å²) in [5.74, 6) is 4.40. The molecule has 5 rings (SSSR count). The zero-order chi connectivity index (χ0) is 28.2. The summed E-state index contributed by atoms with van der Waals surface area (Å²) in [4.78, 5) is 26.6. The van der Waals surface area contributed by atoms with Gasteiger partial charge in [0.05, 0.1) is 24.5 Å². The van der Waals surface area contributed by atoms with Crippen molar-refractivity contribution in [3.05, 3.63) is 84.1 Å². The Kier molecular flexibility index (Phi) is 7.58. The molecule has 0 spiro atoms. The minimum atomic E-state index is -1.30. The summed E-state index contributed by atoms with van der Waals surface area (Å²) in [5.41, 5.74) is 9.29. The highest BCUT2D eigenvalue weighted by Gasteiger charge is 2.22. The number of carbonyl (C=O) groups excluding carboxylic acids is 1. The van der Waals surface area contributed by atoms with Gasteiger partial charge in [-0.25, -0.2) is 10.6 Å². The van der Waals surface area contributed by atoms with Gasteiger partial charge in [-0.05, 0) is 30.3 Å². The SMILES string of the molecule is N/C(=C\N(N)CC(=O)Nc1ccc(N2CCOCC2)cc1)c1c(-c2ccccc2)oc2cc(O)c(C(=O)O)cc12. The summed E-state index contributed by atoms with van der Waals surface area (Å²) in [7, 11) is 0. The van der Waals surface area contributed by atoms with Crippen molar-refractivity contribution >= 4 is 39.9 Å². The van der Waals surface area contributed by atoms with Gasteiger partial charge >= 0.3 is 5.97 Å². The summed E-state index contributed by atoms with van der Waals surface area (Å²) in [6.07, 6.45) is 1.38. The number of hydrogen-bond acceptors (Lipinski definition) is 9. The number of rotatable bonds is 8. The van der Waals surface area contributed by atoms with Crippen LogP contribution in [0.4, 0.5) is 11.4 Å². The van der Waals surface area contributed by atoms with E-state index in [4.69, 9.17) is 20.7 Å². The van der Waals surface area contributed by atoms with Crippen LogP contribution in [0.3, 0.4) is 0 Å². The molecule has 1 aromatic heterocycles. The topological polar surface area (TPSA) is 168 Å². The van der Waals surface area contributed by atoms with Gasteiger partial charge in [0.15, 0.2) is 0 Å². The van der Waals surface area contributed by atoms with Gasteiger partial charge in [0.1, 0.15) is 29.2 Å². The largest absolute Gasteiger partial charge is 0.507 e. The molecule has 0 unspecified atom stereocenters. The molecule has 0 bridgehead atoms. The van der Waals surface area contributed by atoms with Crippen LogP contribution in [0.2, 0.25) is 0 Å². The van der Waals surface area contributed by atoms with Gasteiger partial charge in [-0.15, -0.1) is 0 Å². The van der Waals surface area contributed by atoms with E-state index in [9.17, 15) is 19.8 Å². The lowest BCUT2D eigenvalue weighted by molar-refractivity contribution is -0.116. The maximum Gasteiger partial charge on any atom is 0.339 e. The highest BCUT2D eigenvalue weighted by atomic mass is 16.5. The first-order chi connectivity index (χ1) is 19.3. The minimum absolute atomic E-state index is 0.143. The molecule has 7 N–H and O–H groups in total. The molecule has 3 aromatic carbocycles. The summed E-state index contributed by atoms with van der Waals surface area (Å²) >= 11 is 0. The summed E-state index contributed by atoms with van der Waals surface area (Å²) < 4.78 is 11.4. The number of nitrogens with two attached hydrogens (primary N) is 2. The lowest BCUT2D eigenvalue weighted by Gasteiger charge is -2.28. The van der Waals surface area contributed by atoms with E-state index in [2.05, 4.69) is 10.2 Å². The highest BCUT2D eigenvalue weighted by molar-refractivity contribution is 6.03. The number of hydrazine groups is 1. The number of carboxylic acids is 1. The number of fused-ring (bicyclic) bond motifs is 1. The Balaban J connectivity index is 1.36. The fraction of sp³-hybridized carbons (Fsp3) is 0.172. The van der Waals surface area contributed by atoms with E-state index >= 15 is 0 Å². The number of aromatic hydroxyl groups is 1. The van der Waals surface area contributed by atoms with E-state index in [1.807, 2.05) is 54.6 Å². The standard InChI is InChI=1S/C29H29N5O6/c30-23(16-34(31)17-26(36)32-19-6-8-20(9-7-19)33-10-12-39-13-11-33)27-22-14-21(29(37)38)24(35)15-25(22)40-28(27)18-4-2-1-3-5-18/h1-9,14-16,35H,10-13,17,30-31H2,(H,32,36)(H,37,38)/b23-16-. The third kappa shape index (κ3) is 5.70. The number of furan rings is 1. The van der Waals surface area contributed by atoms with Crippen molar-refractivity contribution in [2.45, 2.75) is 0 Å². The monoisotopic (exact) mass is 543 g/mol. The van der Waals surface area contributed by atoms with E-state index < -0.39 is 11.7 Å². The van der Waals surface area contributed by atoms with Crippen molar-refractivity contribution in [2.24, 2.45) is 11.6 Å². The number of nitrogens with zero attached hydrogens (tertiary/aromatic N) is 2. The van der Waals surface area contributed by atoms with Gasteiger partial charge in [-0.1, -0.05) is 30.3 Å². The van der Waals surface area contributed by atoms with E-state index in [1.165, 1.54) is 18.3 Å². The first-order valence-corrected chi connectivity index (χ1v) is 12.6. The van der Waals surface area contributed by atoms with E-state index in [-0.39, 0.29) is 29.3 Å². The molecular formula is C29H29N5O6. The Morgan fingerprint density at radius 3 is 2.42 bits per heavy atom. The van der Waals surface area contributed by atoms with Gasteiger partial charge in [-0.3, -0.25) is 4.79 Å². The first-order valence-electron chi connectivity index (χ1n) is 12.6. The summed E-state index contributed by atoms with van der Waals surface area (Å²) in [5, 5.41) is 24.0. The molecule has 11 heteroatoms. The molecule has 0 saturated carbocycles. The Morgan fingerprint density at radius 1 is 1.05 bits per heavy atom. The molecule has 1 aliphatic rings. The fourth-order valence-corrected chi connectivity index (χ4v) is 4.62. The van der Waals surface area contributed by atoms with Gasteiger partial charge in [0, 0.05) is 47.7 Å². The van der Waals surface area contributed by atoms with Crippen LogP contribution < -0.4 is 21.8 Å². The second-order valence-corrected chi connectivity index (χ2v) is 9.29. The van der Waals surface area contributed by atoms with Crippen LogP contribution in [-0.4, -0.2) is 59.9 Å². The number of benzene rings is 3. The fourth-order valence-electron chi connectivity index (χ4n) is 4.62. The number of hydrogen-bond donors (Lipinski definition) is 5. The van der Waals surface area contributed by atoms with Crippen molar-refractivity contribution in [3.63, 3.8) is 0 Å². The third-order valence-electron chi connectivity index (χ3n) is 6.52. The molecule has 206 valence electrons. The Morgan fingerprint density at radius 2 is 1.75 bits per heavy atom. The lowest BCUT2D eigenvalue weighted by atomic mass is 10.0. The second kappa shape index (κ2) is 11.4. The van der Waals surface area contributed by atoms with Crippen molar-refractivity contribution < 1.29 is 29.0 Å². The number of phenols is 1. The quantitative estimate of drug-likeness (QED) is 0.164. The number of ether oxygens (including phenoxy) is 1. The van der Waals surface area contributed by atoms with Gasteiger partial charge in [0.2, 0.25) is 5.91 Å². The predicted octanol–water partition coefficient (Wildman–Crippen LogP) is 3.41. The zero-order valence-corrected chi connectivity index (χ0v) is 21.5. The van der Waals surface area contributed by atoms with Crippen LogP contribution >= 0.6 is 0 Å². The molecular weight excluding hydrogens is 514 g/mol. The Labute approximate surface area is 229 Å². The second-order valence-electron chi connectivity index (χ2n) is 9.29. The molecule has 1 fully saturated rings. The zero-order valence-electron chi connectivity index (χ0n) is 21.5. The summed E-state index contributed by atoms with van der Waals surface area (Å²) in [6.45, 7) is 2.80. The number of carboxylic acid groups (broad SMARTS) is 1. The number of anilines is 2. The number of carbonyl (C=O) groups is 2. The molecule has 4 aromatic rings.